The average molecular weight is 449 g/mol. The summed E-state index contributed by atoms with van der Waals surface area (Å²) in [6, 6.07) is 12.3. The normalized spacial score (nSPS) is 15.1. The molecule has 0 saturated carbocycles. The minimum atomic E-state index is -3.23. The molecule has 0 aromatic heterocycles. The van der Waals surface area contributed by atoms with Gasteiger partial charge in [0.2, 0.25) is 0 Å². The van der Waals surface area contributed by atoms with E-state index >= 15 is 0 Å². The van der Waals surface area contributed by atoms with Crippen LogP contribution in [0, 0.1) is 5.82 Å². The first-order valence-electron chi connectivity index (χ1n) is 10.2. The molecule has 3 rings (SSSR count). The number of nitrogens with zero attached hydrogens (tertiary/aromatic N) is 2. The molecule has 0 radical (unpaired) electrons. The maximum atomic E-state index is 13.7. The maximum absolute atomic E-state index is 13.7. The number of hydrogen-bond acceptors (Lipinski definition) is 5. The SMILES string of the molecule is CN=C(NCc1cc(F)ccc1CS(C)(=O)=O)NCc1ccccc1N1CCOCC1. The Morgan fingerprint density at radius 1 is 1.06 bits per heavy atom. The van der Waals surface area contributed by atoms with Crippen LogP contribution in [0.4, 0.5) is 10.1 Å². The molecule has 31 heavy (non-hydrogen) atoms. The number of sulfone groups is 1. The Hall–Kier alpha value is -2.65. The van der Waals surface area contributed by atoms with Gasteiger partial charge in [-0.3, -0.25) is 4.99 Å². The first kappa shape index (κ1) is 23.0. The minimum absolute atomic E-state index is 0.136. The van der Waals surface area contributed by atoms with Crippen molar-refractivity contribution in [3.8, 4) is 0 Å². The van der Waals surface area contributed by atoms with Crippen LogP contribution in [0.3, 0.4) is 0 Å². The van der Waals surface area contributed by atoms with Crippen molar-refractivity contribution in [2.75, 3.05) is 44.5 Å². The summed E-state index contributed by atoms with van der Waals surface area (Å²) in [5.74, 6) is 0.00580. The van der Waals surface area contributed by atoms with Crippen LogP contribution in [0.1, 0.15) is 16.7 Å². The molecule has 0 bridgehead atoms. The lowest BCUT2D eigenvalue weighted by Gasteiger charge is -2.30. The molecule has 1 aliphatic rings. The molecule has 0 aliphatic carbocycles. The summed E-state index contributed by atoms with van der Waals surface area (Å²) in [5, 5.41) is 6.44. The van der Waals surface area contributed by atoms with Gasteiger partial charge in [-0.15, -0.1) is 0 Å². The summed E-state index contributed by atoms with van der Waals surface area (Å²) in [4.78, 5) is 6.54. The van der Waals surface area contributed by atoms with Gasteiger partial charge in [0.05, 0.1) is 19.0 Å². The number of morpholine rings is 1. The zero-order chi connectivity index (χ0) is 22.3. The van der Waals surface area contributed by atoms with Gasteiger partial charge >= 0.3 is 0 Å². The van der Waals surface area contributed by atoms with Crippen LogP contribution in [-0.4, -0.2) is 54.0 Å². The highest BCUT2D eigenvalue weighted by atomic mass is 32.2. The maximum Gasteiger partial charge on any atom is 0.191 e. The molecular weight excluding hydrogens is 419 g/mol. The van der Waals surface area contributed by atoms with Crippen molar-refractivity contribution in [2.24, 2.45) is 4.99 Å². The predicted molar refractivity (Wildman–Crippen MR) is 121 cm³/mol. The Bertz CT molecular complexity index is 1020. The third-order valence-corrected chi connectivity index (χ3v) is 5.88. The standard InChI is InChI=1S/C22H29FN4O3S/c1-24-22(26-15-19-13-20(23)8-7-18(19)16-31(2,28)29)25-14-17-5-3-4-6-21(17)27-9-11-30-12-10-27/h3-8,13H,9-12,14-16H2,1-2H3,(H2,24,25,26). The fourth-order valence-electron chi connectivity index (χ4n) is 3.53. The first-order valence-corrected chi connectivity index (χ1v) is 12.2. The quantitative estimate of drug-likeness (QED) is 0.499. The van der Waals surface area contributed by atoms with E-state index in [1.807, 2.05) is 12.1 Å². The van der Waals surface area contributed by atoms with Crippen molar-refractivity contribution in [3.63, 3.8) is 0 Å². The number of halogens is 1. The van der Waals surface area contributed by atoms with Crippen molar-refractivity contribution >= 4 is 21.5 Å². The van der Waals surface area contributed by atoms with Gasteiger partial charge in [-0.05, 0) is 34.9 Å². The van der Waals surface area contributed by atoms with E-state index in [2.05, 4.69) is 32.7 Å². The molecule has 0 atom stereocenters. The first-order chi connectivity index (χ1) is 14.9. The van der Waals surface area contributed by atoms with Crippen LogP contribution >= 0.6 is 0 Å². The van der Waals surface area contributed by atoms with Crippen molar-refractivity contribution in [1.29, 1.82) is 0 Å². The molecule has 168 valence electrons. The predicted octanol–water partition coefficient (Wildman–Crippen LogP) is 2.07. The van der Waals surface area contributed by atoms with E-state index in [0.717, 1.165) is 24.3 Å². The third-order valence-electron chi connectivity index (χ3n) is 5.05. The number of ether oxygens (including phenoxy) is 1. The lowest BCUT2D eigenvalue weighted by Crippen LogP contribution is -2.39. The van der Waals surface area contributed by atoms with Crippen LogP contribution < -0.4 is 15.5 Å². The Labute approximate surface area is 183 Å². The van der Waals surface area contributed by atoms with Crippen molar-refractivity contribution in [3.05, 3.63) is 65.0 Å². The van der Waals surface area contributed by atoms with Gasteiger partial charge in [-0.2, -0.15) is 0 Å². The second-order valence-electron chi connectivity index (χ2n) is 7.49. The molecule has 1 heterocycles. The summed E-state index contributed by atoms with van der Waals surface area (Å²) < 4.78 is 42.6. The van der Waals surface area contributed by atoms with E-state index in [4.69, 9.17) is 4.74 Å². The van der Waals surface area contributed by atoms with E-state index in [-0.39, 0.29) is 12.3 Å². The van der Waals surface area contributed by atoms with E-state index in [0.29, 0.717) is 36.8 Å². The van der Waals surface area contributed by atoms with Crippen LogP contribution in [-0.2, 0) is 33.4 Å². The highest BCUT2D eigenvalue weighted by Gasteiger charge is 2.15. The third kappa shape index (κ3) is 6.93. The summed E-state index contributed by atoms with van der Waals surface area (Å²) in [7, 11) is -1.57. The minimum Gasteiger partial charge on any atom is -0.378 e. The van der Waals surface area contributed by atoms with Gasteiger partial charge in [0.15, 0.2) is 15.8 Å². The van der Waals surface area contributed by atoms with Crippen LogP contribution in [0.5, 0.6) is 0 Å². The number of hydrogen-bond donors (Lipinski definition) is 2. The average Bonchev–Trinajstić information content (AvgIpc) is 2.75. The zero-order valence-electron chi connectivity index (χ0n) is 17.9. The molecule has 9 heteroatoms. The van der Waals surface area contributed by atoms with Gasteiger partial charge in [0, 0.05) is 45.2 Å². The molecule has 1 aliphatic heterocycles. The molecule has 0 spiro atoms. The van der Waals surface area contributed by atoms with Gasteiger partial charge in [-0.25, -0.2) is 12.8 Å². The largest absolute Gasteiger partial charge is 0.378 e. The number of nitrogens with one attached hydrogen (secondary N) is 2. The lowest BCUT2D eigenvalue weighted by atomic mass is 10.1. The Morgan fingerprint density at radius 3 is 2.42 bits per heavy atom. The summed E-state index contributed by atoms with van der Waals surface area (Å²) in [6.07, 6.45) is 1.17. The molecule has 1 fully saturated rings. The Kier molecular flexibility index (Phi) is 7.86. The highest BCUT2D eigenvalue weighted by Crippen LogP contribution is 2.21. The fourth-order valence-corrected chi connectivity index (χ4v) is 4.38. The van der Waals surface area contributed by atoms with E-state index in [9.17, 15) is 12.8 Å². The molecule has 0 unspecified atom stereocenters. The summed E-state index contributed by atoms with van der Waals surface area (Å²) in [6.45, 7) is 3.96. The molecule has 1 saturated heterocycles. The van der Waals surface area contributed by atoms with Crippen LogP contribution in [0.15, 0.2) is 47.5 Å². The van der Waals surface area contributed by atoms with Crippen LogP contribution in [0.2, 0.25) is 0 Å². The van der Waals surface area contributed by atoms with E-state index in [1.54, 1.807) is 7.05 Å². The molecule has 2 N–H and O–H groups in total. The van der Waals surface area contributed by atoms with E-state index < -0.39 is 15.7 Å². The molecule has 2 aromatic carbocycles. The topological polar surface area (TPSA) is 83.0 Å². The van der Waals surface area contributed by atoms with Crippen molar-refractivity contribution in [2.45, 2.75) is 18.8 Å². The second kappa shape index (κ2) is 10.6. The summed E-state index contributed by atoms with van der Waals surface area (Å²) >= 11 is 0. The van der Waals surface area contributed by atoms with Gasteiger partial charge in [0.25, 0.3) is 0 Å². The number of rotatable bonds is 7. The second-order valence-corrected chi connectivity index (χ2v) is 9.63. The number of benzene rings is 2. The van der Waals surface area contributed by atoms with E-state index in [1.165, 1.54) is 24.5 Å². The smallest absolute Gasteiger partial charge is 0.191 e. The van der Waals surface area contributed by atoms with Crippen LogP contribution in [0.25, 0.3) is 0 Å². The number of aliphatic imine (C=N–C) groups is 1. The molecule has 0 amide bonds. The Balaban J connectivity index is 1.65. The fraction of sp³-hybridized carbons (Fsp3) is 0.409. The lowest BCUT2D eigenvalue weighted by molar-refractivity contribution is 0.122. The van der Waals surface area contributed by atoms with Gasteiger partial charge in [-0.1, -0.05) is 24.3 Å². The van der Waals surface area contributed by atoms with Crippen molar-refractivity contribution in [1.82, 2.24) is 10.6 Å². The molecule has 2 aromatic rings. The number of para-hydroxylation sites is 1. The number of guanidine groups is 1. The summed E-state index contributed by atoms with van der Waals surface area (Å²) in [5.41, 5.74) is 3.46. The molecular formula is C22H29FN4O3S. The van der Waals surface area contributed by atoms with Gasteiger partial charge < -0.3 is 20.3 Å². The Morgan fingerprint density at radius 2 is 1.74 bits per heavy atom. The highest BCUT2D eigenvalue weighted by molar-refractivity contribution is 7.89. The molecule has 7 nitrogen and oxygen atoms in total. The van der Waals surface area contributed by atoms with Gasteiger partial charge in [0.1, 0.15) is 5.82 Å². The van der Waals surface area contributed by atoms with Crippen molar-refractivity contribution < 1.29 is 17.5 Å². The monoisotopic (exact) mass is 448 g/mol. The zero-order valence-corrected chi connectivity index (χ0v) is 18.7. The number of anilines is 1.